The van der Waals surface area contributed by atoms with Crippen LogP contribution in [-0.4, -0.2) is 55.1 Å². The molecule has 0 fully saturated rings. The van der Waals surface area contributed by atoms with Crippen molar-refractivity contribution in [3.63, 3.8) is 0 Å². The average Bonchev–Trinajstić information content (AvgIpc) is 2.83. The van der Waals surface area contributed by atoms with E-state index in [0.717, 1.165) is 6.08 Å². The molecule has 0 saturated carbocycles. The summed E-state index contributed by atoms with van der Waals surface area (Å²) in [5, 5.41) is 2.88. The van der Waals surface area contributed by atoms with Gasteiger partial charge in [-0.25, -0.2) is 10.8 Å². The molecule has 0 aromatic carbocycles. The first-order chi connectivity index (χ1) is 17.2. The summed E-state index contributed by atoms with van der Waals surface area (Å²) in [7, 11) is 1.56. The number of rotatable bonds is 10. The average molecular weight is 510 g/mol. The van der Waals surface area contributed by atoms with E-state index in [1.807, 2.05) is 25.2 Å². The van der Waals surface area contributed by atoms with E-state index in [-0.39, 0.29) is 36.7 Å². The number of nitrogens with two attached hydrogens (primary N) is 2. The zero-order chi connectivity index (χ0) is 26.1. The number of nitrogen functional groups attached to an aromatic ring is 1. The Labute approximate surface area is 207 Å². The fourth-order valence-electron chi connectivity index (χ4n) is 3.43. The molecule has 0 saturated heterocycles. The molecule has 196 valence electrons. The fraction of sp³-hybridized carbons (Fsp3) is 0.435. The molecule has 2 aliphatic carbocycles. The first kappa shape index (κ1) is 27.0. The SMILES string of the molecule is COCCOc1cc(OC2C=C(/C(=N/CNC3=CC(C(F)(F)F)CC=C3)NN)C=CC2C)nc(N)n1. The van der Waals surface area contributed by atoms with Gasteiger partial charge in [0.05, 0.1) is 18.6 Å². The lowest BCUT2D eigenvalue weighted by Gasteiger charge is -2.24. The third-order valence-corrected chi connectivity index (χ3v) is 5.35. The summed E-state index contributed by atoms with van der Waals surface area (Å²) in [5.41, 5.74) is 9.30. The summed E-state index contributed by atoms with van der Waals surface area (Å²) in [6, 6.07) is 1.53. The van der Waals surface area contributed by atoms with Gasteiger partial charge in [-0.05, 0) is 24.6 Å². The number of allylic oxidation sites excluding steroid dienone is 3. The zero-order valence-electron chi connectivity index (χ0n) is 20.0. The van der Waals surface area contributed by atoms with Crippen LogP contribution in [0.15, 0.2) is 58.8 Å². The summed E-state index contributed by atoms with van der Waals surface area (Å²) >= 11 is 0. The van der Waals surface area contributed by atoms with E-state index in [2.05, 4.69) is 25.7 Å². The van der Waals surface area contributed by atoms with Crippen molar-refractivity contribution in [1.82, 2.24) is 20.7 Å². The molecule has 1 heterocycles. The number of aliphatic imine (C=N–C) groups is 1. The highest BCUT2D eigenvalue weighted by Gasteiger charge is 2.38. The maximum atomic E-state index is 13.0. The number of methoxy groups -OCH3 is 1. The summed E-state index contributed by atoms with van der Waals surface area (Å²) < 4.78 is 55.4. The quantitative estimate of drug-likeness (QED) is 0.123. The van der Waals surface area contributed by atoms with Gasteiger partial charge in [-0.3, -0.25) is 0 Å². The van der Waals surface area contributed by atoms with E-state index in [1.54, 1.807) is 13.2 Å². The highest BCUT2D eigenvalue weighted by Crippen LogP contribution is 2.33. The molecular formula is C23H30F3N7O3. The highest BCUT2D eigenvalue weighted by molar-refractivity contribution is 6.00. The van der Waals surface area contributed by atoms with Gasteiger partial charge in [-0.1, -0.05) is 25.2 Å². The van der Waals surface area contributed by atoms with Crippen LogP contribution in [0.4, 0.5) is 19.1 Å². The summed E-state index contributed by atoms with van der Waals surface area (Å²) in [5.74, 6) is 4.95. The highest BCUT2D eigenvalue weighted by atomic mass is 19.4. The van der Waals surface area contributed by atoms with Gasteiger partial charge in [0.25, 0.3) is 0 Å². The molecule has 0 amide bonds. The third kappa shape index (κ3) is 7.71. The number of ether oxygens (including phenoxy) is 3. The minimum atomic E-state index is -4.29. The van der Waals surface area contributed by atoms with Crippen molar-refractivity contribution < 1.29 is 27.4 Å². The number of nitrogens with one attached hydrogen (secondary N) is 2. The van der Waals surface area contributed by atoms with Gasteiger partial charge < -0.3 is 30.7 Å². The Morgan fingerprint density at radius 1 is 1.19 bits per heavy atom. The lowest BCUT2D eigenvalue weighted by atomic mass is 9.95. The van der Waals surface area contributed by atoms with Crippen LogP contribution in [0.25, 0.3) is 0 Å². The first-order valence-corrected chi connectivity index (χ1v) is 11.2. The number of aromatic nitrogens is 2. The molecule has 1 aromatic rings. The van der Waals surface area contributed by atoms with Gasteiger partial charge in [0.1, 0.15) is 25.2 Å². The number of hydrazine groups is 1. The van der Waals surface area contributed by atoms with Crippen molar-refractivity contribution in [2.75, 3.05) is 32.7 Å². The topological polar surface area (TPSA) is 142 Å². The van der Waals surface area contributed by atoms with E-state index in [9.17, 15) is 13.2 Å². The van der Waals surface area contributed by atoms with Crippen LogP contribution in [0, 0.1) is 11.8 Å². The summed E-state index contributed by atoms with van der Waals surface area (Å²) in [6.45, 7) is 2.65. The molecule has 2 aliphatic rings. The molecule has 3 unspecified atom stereocenters. The Balaban J connectivity index is 1.68. The molecule has 0 radical (unpaired) electrons. The standard InChI is InChI=1S/C23H30F3N7O3/c1-14-6-7-15(10-18(14)36-20-12-19(31-22(27)32-20)35-9-8-34-2)21(33-28)30-13-29-17-5-3-4-16(11-17)23(24,25)26/h3,5-7,10-12,14,16,18,29H,4,8-9,13,28H2,1-2H3,(H,30,33)(H2,27,31,32). The monoisotopic (exact) mass is 509 g/mol. The van der Waals surface area contributed by atoms with Gasteiger partial charge in [0.2, 0.25) is 17.7 Å². The second-order valence-electron chi connectivity index (χ2n) is 8.06. The number of anilines is 1. The number of amidine groups is 1. The van der Waals surface area contributed by atoms with Crippen LogP contribution in [0.3, 0.4) is 0 Å². The molecule has 3 atom stereocenters. The maximum absolute atomic E-state index is 13.0. The van der Waals surface area contributed by atoms with Gasteiger partial charge >= 0.3 is 6.18 Å². The van der Waals surface area contributed by atoms with E-state index in [1.165, 1.54) is 12.1 Å². The Morgan fingerprint density at radius 2 is 1.97 bits per heavy atom. The molecule has 0 aliphatic heterocycles. The summed E-state index contributed by atoms with van der Waals surface area (Å²) in [4.78, 5) is 12.5. The number of alkyl halides is 3. The Morgan fingerprint density at radius 3 is 2.69 bits per heavy atom. The molecule has 3 rings (SSSR count). The first-order valence-electron chi connectivity index (χ1n) is 11.2. The van der Waals surface area contributed by atoms with Crippen LogP contribution in [-0.2, 0) is 4.74 Å². The number of hydrogen-bond donors (Lipinski definition) is 4. The molecule has 0 bridgehead atoms. The molecule has 6 N–H and O–H groups in total. The molecule has 36 heavy (non-hydrogen) atoms. The lowest BCUT2D eigenvalue weighted by Crippen LogP contribution is -2.35. The predicted octanol–water partition coefficient (Wildman–Crippen LogP) is 2.39. The van der Waals surface area contributed by atoms with Gasteiger partial charge in [-0.2, -0.15) is 23.1 Å². The number of nitrogens with zero attached hydrogens (tertiary/aromatic N) is 3. The normalized spacial score (nSPS) is 22.1. The van der Waals surface area contributed by atoms with E-state index >= 15 is 0 Å². The second kappa shape index (κ2) is 12.4. The maximum Gasteiger partial charge on any atom is 0.395 e. The Bertz CT molecular complexity index is 1050. The van der Waals surface area contributed by atoms with Gasteiger partial charge in [0, 0.05) is 24.3 Å². The van der Waals surface area contributed by atoms with Crippen molar-refractivity contribution in [2.45, 2.75) is 25.6 Å². The van der Waals surface area contributed by atoms with Crippen LogP contribution in [0.2, 0.25) is 0 Å². The minimum absolute atomic E-state index is 0.00101. The van der Waals surface area contributed by atoms with Crippen molar-refractivity contribution >= 4 is 11.8 Å². The van der Waals surface area contributed by atoms with E-state index in [0.29, 0.717) is 30.3 Å². The lowest BCUT2D eigenvalue weighted by molar-refractivity contribution is -0.160. The number of hydrogen-bond acceptors (Lipinski definition) is 9. The van der Waals surface area contributed by atoms with Gasteiger partial charge in [0.15, 0.2) is 0 Å². The molecular weight excluding hydrogens is 479 g/mol. The van der Waals surface area contributed by atoms with Crippen molar-refractivity contribution in [1.29, 1.82) is 0 Å². The van der Waals surface area contributed by atoms with Crippen LogP contribution < -0.4 is 31.8 Å². The number of halogens is 3. The van der Waals surface area contributed by atoms with Crippen molar-refractivity contribution in [3.05, 3.63) is 53.8 Å². The summed E-state index contributed by atoms with van der Waals surface area (Å²) in [6.07, 6.45) is 4.98. The molecule has 10 nitrogen and oxygen atoms in total. The molecule has 13 heteroatoms. The smallest absolute Gasteiger partial charge is 0.395 e. The van der Waals surface area contributed by atoms with Gasteiger partial charge in [-0.15, -0.1) is 0 Å². The largest absolute Gasteiger partial charge is 0.475 e. The third-order valence-electron chi connectivity index (χ3n) is 5.35. The predicted molar refractivity (Wildman–Crippen MR) is 129 cm³/mol. The van der Waals surface area contributed by atoms with Crippen molar-refractivity contribution in [3.8, 4) is 11.8 Å². The molecule has 0 spiro atoms. The minimum Gasteiger partial charge on any atom is -0.475 e. The van der Waals surface area contributed by atoms with Crippen LogP contribution >= 0.6 is 0 Å². The molecule has 1 aromatic heterocycles. The van der Waals surface area contributed by atoms with Crippen LogP contribution in [0.1, 0.15) is 13.3 Å². The van der Waals surface area contributed by atoms with Crippen molar-refractivity contribution in [2.24, 2.45) is 22.7 Å². The zero-order valence-corrected chi connectivity index (χ0v) is 20.0. The Kier molecular flexibility index (Phi) is 9.31. The fourth-order valence-corrected chi connectivity index (χ4v) is 3.43. The van der Waals surface area contributed by atoms with E-state index in [4.69, 9.17) is 25.8 Å². The Hall–Kier alpha value is -3.58. The van der Waals surface area contributed by atoms with E-state index < -0.39 is 18.2 Å². The second-order valence-corrected chi connectivity index (χ2v) is 8.06. The van der Waals surface area contributed by atoms with Crippen LogP contribution in [0.5, 0.6) is 11.8 Å².